The van der Waals surface area contributed by atoms with Crippen LogP contribution in [-0.4, -0.2) is 9.97 Å². The molecule has 0 radical (unpaired) electrons. The number of nitrogens with one attached hydrogen (secondary N) is 1. The van der Waals surface area contributed by atoms with Crippen molar-refractivity contribution in [3.05, 3.63) is 87.5 Å². The second kappa shape index (κ2) is 5.39. The number of nitrogens with zero attached hydrogens (tertiary/aromatic N) is 1. The number of fused-ring (bicyclic) bond motifs is 4. The topological polar surface area (TPSA) is 76.0 Å². The van der Waals surface area contributed by atoms with E-state index in [4.69, 9.17) is 4.42 Å². The lowest BCUT2D eigenvalue weighted by molar-refractivity contribution is 0.563. The summed E-state index contributed by atoms with van der Waals surface area (Å²) in [5, 5.41) is 3.29. The van der Waals surface area contributed by atoms with Crippen molar-refractivity contribution in [3.8, 4) is 11.4 Å². The minimum absolute atomic E-state index is 0.206. The minimum Gasteiger partial charge on any atom is -0.422 e. The first kappa shape index (κ1) is 14.6. The molecule has 0 unspecified atom stereocenters. The first-order chi connectivity index (χ1) is 12.7. The molecule has 3 aromatic carbocycles. The highest BCUT2D eigenvalue weighted by Gasteiger charge is 2.13. The van der Waals surface area contributed by atoms with Crippen molar-refractivity contribution >= 4 is 32.6 Å². The Morgan fingerprint density at radius 3 is 2.46 bits per heavy atom. The maximum absolute atomic E-state index is 12.5. The lowest BCUT2D eigenvalue weighted by Gasteiger charge is -2.06. The molecule has 0 spiro atoms. The molecule has 5 aromatic rings. The van der Waals surface area contributed by atoms with E-state index in [9.17, 15) is 9.59 Å². The Bertz CT molecular complexity index is 1430. The average molecular weight is 340 g/mol. The molecule has 5 heteroatoms. The van der Waals surface area contributed by atoms with E-state index in [2.05, 4.69) is 9.97 Å². The van der Waals surface area contributed by atoms with E-state index in [-0.39, 0.29) is 16.9 Å². The van der Waals surface area contributed by atoms with Gasteiger partial charge in [0.05, 0.1) is 10.9 Å². The second-order valence-electron chi connectivity index (χ2n) is 6.08. The van der Waals surface area contributed by atoms with Crippen molar-refractivity contribution in [2.24, 2.45) is 0 Å². The molecule has 0 fully saturated rings. The Hall–Kier alpha value is -3.73. The average Bonchev–Trinajstić information content (AvgIpc) is 2.67. The third kappa shape index (κ3) is 2.14. The molecule has 0 aliphatic rings. The van der Waals surface area contributed by atoms with Gasteiger partial charge in [-0.1, -0.05) is 42.5 Å². The molecule has 0 aliphatic heterocycles. The molecule has 0 saturated heterocycles. The minimum atomic E-state index is -0.536. The standard InChI is InChI=1S/C21H12N2O3/c24-20-14-7-3-4-8-17(14)22-19(23-20)16-11-15-13-6-2-1-5-12(13)9-10-18(15)26-21(16)25/h1-11H,(H,22,23,24). The van der Waals surface area contributed by atoms with Crippen LogP contribution in [0.15, 0.2) is 80.7 Å². The number of benzene rings is 3. The number of aromatic nitrogens is 2. The summed E-state index contributed by atoms with van der Waals surface area (Å²) in [5.41, 5.74) is 0.440. The van der Waals surface area contributed by atoms with E-state index in [1.165, 1.54) is 0 Å². The highest BCUT2D eigenvalue weighted by Crippen LogP contribution is 2.27. The Morgan fingerprint density at radius 1 is 0.808 bits per heavy atom. The predicted molar refractivity (Wildman–Crippen MR) is 101 cm³/mol. The van der Waals surface area contributed by atoms with E-state index >= 15 is 0 Å². The van der Waals surface area contributed by atoms with Gasteiger partial charge in [-0.15, -0.1) is 0 Å². The van der Waals surface area contributed by atoms with E-state index in [1.807, 2.05) is 30.3 Å². The van der Waals surface area contributed by atoms with Crippen LogP contribution in [0.1, 0.15) is 0 Å². The zero-order chi connectivity index (χ0) is 17.7. The Labute approximate surface area is 146 Å². The van der Waals surface area contributed by atoms with Gasteiger partial charge in [0.2, 0.25) is 0 Å². The first-order valence-electron chi connectivity index (χ1n) is 8.16. The zero-order valence-corrected chi connectivity index (χ0v) is 13.5. The van der Waals surface area contributed by atoms with Crippen LogP contribution in [0, 0.1) is 0 Å². The maximum atomic E-state index is 12.5. The van der Waals surface area contributed by atoms with Gasteiger partial charge in [0.15, 0.2) is 0 Å². The zero-order valence-electron chi connectivity index (χ0n) is 13.5. The molecule has 0 atom stereocenters. The number of para-hydroxylation sites is 1. The molecule has 5 rings (SSSR count). The van der Waals surface area contributed by atoms with Crippen LogP contribution in [0.4, 0.5) is 0 Å². The third-order valence-corrected chi connectivity index (χ3v) is 4.51. The summed E-state index contributed by atoms with van der Waals surface area (Å²) in [7, 11) is 0. The van der Waals surface area contributed by atoms with Crippen molar-refractivity contribution in [2.75, 3.05) is 0 Å². The lowest BCUT2D eigenvalue weighted by Crippen LogP contribution is -2.13. The highest BCUT2D eigenvalue weighted by atomic mass is 16.4. The quantitative estimate of drug-likeness (QED) is 0.371. The maximum Gasteiger partial charge on any atom is 0.347 e. The Kier molecular flexibility index (Phi) is 3.03. The summed E-state index contributed by atoms with van der Waals surface area (Å²) in [4.78, 5) is 32.0. The van der Waals surface area contributed by atoms with Gasteiger partial charge in [0.25, 0.3) is 5.56 Å². The predicted octanol–water partition coefficient (Wildman–Crippen LogP) is 3.85. The Morgan fingerprint density at radius 2 is 1.58 bits per heavy atom. The van der Waals surface area contributed by atoms with Crippen LogP contribution in [0.2, 0.25) is 0 Å². The largest absolute Gasteiger partial charge is 0.422 e. The fourth-order valence-corrected chi connectivity index (χ4v) is 3.25. The van der Waals surface area contributed by atoms with Gasteiger partial charge in [-0.2, -0.15) is 0 Å². The van der Waals surface area contributed by atoms with Gasteiger partial charge in [-0.3, -0.25) is 4.79 Å². The number of aromatic amines is 1. The summed E-state index contributed by atoms with van der Waals surface area (Å²) in [6.45, 7) is 0. The third-order valence-electron chi connectivity index (χ3n) is 4.51. The SMILES string of the molecule is O=c1oc2ccc3ccccc3c2cc1-c1nc2ccccc2c(=O)[nH]1. The summed E-state index contributed by atoms with van der Waals surface area (Å²) < 4.78 is 5.49. The first-order valence-corrected chi connectivity index (χ1v) is 8.16. The smallest absolute Gasteiger partial charge is 0.347 e. The molecule has 1 N–H and O–H groups in total. The summed E-state index contributed by atoms with van der Waals surface area (Å²) in [6.07, 6.45) is 0. The fourth-order valence-electron chi connectivity index (χ4n) is 3.25. The van der Waals surface area contributed by atoms with Gasteiger partial charge in [-0.05, 0) is 35.0 Å². The number of H-pyrrole nitrogens is 1. The van der Waals surface area contributed by atoms with Gasteiger partial charge < -0.3 is 9.40 Å². The fraction of sp³-hybridized carbons (Fsp3) is 0. The van der Waals surface area contributed by atoms with Crippen LogP contribution in [0.25, 0.3) is 44.0 Å². The van der Waals surface area contributed by atoms with Gasteiger partial charge in [0, 0.05) is 5.39 Å². The monoisotopic (exact) mass is 340 g/mol. The molecule has 124 valence electrons. The van der Waals surface area contributed by atoms with Crippen LogP contribution in [0.5, 0.6) is 0 Å². The van der Waals surface area contributed by atoms with E-state index in [1.54, 1.807) is 36.4 Å². The summed E-state index contributed by atoms with van der Waals surface area (Å²) in [5.74, 6) is 0.206. The summed E-state index contributed by atoms with van der Waals surface area (Å²) >= 11 is 0. The van der Waals surface area contributed by atoms with Crippen LogP contribution >= 0.6 is 0 Å². The molecule has 0 saturated carbocycles. The molecule has 0 amide bonds. The number of hydrogen-bond acceptors (Lipinski definition) is 4. The molecule has 0 aliphatic carbocycles. The van der Waals surface area contributed by atoms with E-state index in [0.29, 0.717) is 16.5 Å². The van der Waals surface area contributed by atoms with Crippen molar-refractivity contribution in [1.82, 2.24) is 9.97 Å². The van der Waals surface area contributed by atoms with Gasteiger partial charge >= 0.3 is 5.63 Å². The summed E-state index contributed by atoms with van der Waals surface area (Å²) in [6, 6.07) is 20.3. The van der Waals surface area contributed by atoms with Crippen LogP contribution < -0.4 is 11.2 Å². The lowest BCUT2D eigenvalue weighted by atomic mass is 10.0. The van der Waals surface area contributed by atoms with Crippen molar-refractivity contribution in [2.45, 2.75) is 0 Å². The van der Waals surface area contributed by atoms with Crippen LogP contribution in [-0.2, 0) is 0 Å². The van der Waals surface area contributed by atoms with Gasteiger partial charge in [0.1, 0.15) is 17.0 Å². The van der Waals surface area contributed by atoms with E-state index < -0.39 is 5.63 Å². The molecule has 5 nitrogen and oxygen atoms in total. The van der Waals surface area contributed by atoms with Crippen molar-refractivity contribution < 1.29 is 4.42 Å². The number of rotatable bonds is 1. The molecule has 2 heterocycles. The van der Waals surface area contributed by atoms with Crippen LogP contribution in [0.3, 0.4) is 0 Å². The normalized spacial score (nSPS) is 11.4. The van der Waals surface area contributed by atoms with Gasteiger partial charge in [-0.25, -0.2) is 9.78 Å². The second-order valence-corrected chi connectivity index (χ2v) is 6.08. The van der Waals surface area contributed by atoms with Crippen molar-refractivity contribution in [3.63, 3.8) is 0 Å². The van der Waals surface area contributed by atoms with E-state index in [0.717, 1.165) is 16.2 Å². The molecule has 0 bridgehead atoms. The molecule has 26 heavy (non-hydrogen) atoms. The molecular weight excluding hydrogens is 328 g/mol. The van der Waals surface area contributed by atoms with Crippen molar-refractivity contribution in [1.29, 1.82) is 0 Å². The number of hydrogen-bond donors (Lipinski definition) is 1. The Balaban J connectivity index is 1.87. The molecular formula is C21H12N2O3. The molecule has 2 aromatic heterocycles. The highest BCUT2D eigenvalue weighted by molar-refractivity contribution is 6.06.